The number of hydrogen-bond acceptors (Lipinski definition) is 7. The average Bonchev–Trinajstić information content (AvgIpc) is 3.21. The Kier molecular flexibility index (Phi) is 4.31. The number of anilines is 1. The number of ether oxygens (including phenoxy) is 4. The molecule has 7 heteroatoms. The number of fused-ring (bicyclic) bond motifs is 3. The van der Waals surface area contributed by atoms with E-state index in [1.54, 1.807) is 28.4 Å². The molecule has 0 saturated carbocycles. The lowest BCUT2D eigenvalue weighted by molar-refractivity contribution is 0.324. The second-order valence-electron chi connectivity index (χ2n) is 6.08. The van der Waals surface area contributed by atoms with Crippen LogP contribution in [0, 0.1) is 0 Å². The number of rotatable bonds is 5. The van der Waals surface area contributed by atoms with Crippen molar-refractivity contribution < 1.29 is 18.9 Å². The predicted molar refractivity (Wildman–Crippen MR) is 106 cm³/mol. The summed E-state index contributed by atoms with van der Waals surface area (Å²) >= 11 is 1.53. The van der Waals surface area contributed by atoms with Crippen LogP contribution in [0.15, 0.2) is 24.3 Å². The molecule has 2 N–H and O–H groups in total. The molecule has 0 fully saturated rings. The van der Waals surface area contributed by atoms with Crippen LogP contribution in [0.3, 0.4) is 0 Å². The monoisotopic (exact) mass is 384 g/mol. The van der Waals surface area contributed by atoms with Crippen molar-refractivity contribution in [2.24, 2.45) is 0 Å². The summed E-state index contributed by atoms with van der Waals surface area (Å²) in [5.74, 6) is 2.54. The molecular weight excluding hydrogens is 364 g/mol. The molecule has 0 atom stereocenters. The van der Waals surface area contributed by atoms with Gasteiger partial charge in [-0.3, -0.25) is 0 Å². The molecule has 0 bridgehead atoms. The Labute approximate surface area is 161 Å². The Balaban J connectivity index is 1.97. The van der Waals surface area contributed by atoms with Crippen LogP contribution in [0.25, 0.3) is 22.4 Å². The van der Waals surface area contributed by atoms with E-state index < -0.39 is 0 Å². The number of nitrogens with two attached hydrogens (primary N) is 1. The van der Waals surface area contributed by atoms with Crippen LogP contribution in [0.4, 0.5) is 5.13 Å². The summed E-state index contributed by atoms with van der Waals surface area (Å²) in [6.07, 6.45) is 0.767. The molecule has 0 amide bonds. The fourth-order valence-corrected chi connectivity index (χ4v) is 4.46. The molecule has 0 saturated heterocycles. The van der Waals surface area contributed by atoms with Gasteiger partial charge in [0.2, 0.25) is 5.75 Å². The van der Waals surface area contributed by atoms with E-state index in [1.807, 2.05) is 24.3 Å². The van der Waals surface area contributed by atoms with E-state index in [0.29, 0.717) is 22.4 Å². The van der Waals surface area contributed by atoms with E-state index in [-0.39, 0.29) is 0 Å². The normalized spacial score (nSPS) is 11.7. The number of thiazole rings is 1. The van der Waals surface area contributed by atoms with Gasteiger partial charge in [-0.15, -0.1) is 11.3 Å². The van der Waals surface area contributed by atoms with Crippen LogP contribution in [0.1, 0.15) is 10.4 Å². The fraction of sp³-hybridized carbons (Fsp3) is 0.250. The standard InChI is InChI=1S/C20H20N2O4S/c1-23-13-6-5-11-12(9-16-18(11)22-20(21)27-16)17(13)10-7-14(24-2)19(26-4)15(8-10)25-3/h5-8H,9H2,1-4H3,(H2,21,22). The van der Waals surface area contributed by atoms with Crippen LogP contribution in [-0.4, -0.2) is 33.4 Å². The Bertz CT molecular complexity index is 1000. The quantitative estimate of drug-likeness (QED) is 0.561. The molecule has 0 spiro atoms. The third kappa shape index (κ3) is 2.66. The number of nitrogens with zero attached hydrogens (tertiary/aromatic N) is 1. The maximum Gasteiger partial charge on any atom is 0.203 e. The highest BCUT2D eigenvalue weighted by Crippen LogP contribution is 2.50. The second kappa shape index (κ2) is 6.66. The molecule has 1 aliphatic carbocycles. The molecule has 1 aromatic heterocycles. The second-order valence-corrected chi connectivity index (χ2v) is 7.20. The van der Waals surface area contributed by atoms with Crippen molar-refractivity contribution in [3.63, 3.8) is 0 Å². The van der Waals surface area contributed by atoms with Crippen molar-refractivity contribution >= 4 is 16.5 Å². The van der Waals surface area contributed by atoms with E-state index in [0.717, 1.165) is 40.1 Å². The van der Waals surface area contributed by atoms with Gasteiger partial charge in [0.25, 0.3) is 0 Å². The van der Waals surface area contributed by atoms with Crippen LogP contribution < -0.4 is 24.7 Å². The summed E-state index contributed by atoms with van der Waals surface area (Å²) < 4.78 is 22.2. The number of hydrogen-bond donors (Lipinski definition) is 1. The molecule has 4 rings (SSSR count). The Morgan fingerprint density at radius 1 is 0.926 bits per heavy atom. The van der Waals surface area contributed by atoms with Gasteiger partial charge < -0.3 is 24.7 Å². The van der Waals surface area contributed by atoms with Crippen molar-refractivity contribution in [3.8, 4) is 45.4 Å². The van der Waals surface area contributed by atoms with Crippen molar-refractivity contribution in [2.45, 2.75) is 6.42 Å². The number of aromatic nitrogens is 1. The lowest BCUT2D eigenvalue weighted by Crippen LogP contribution is -1.98. The lowest BCUT2D eigenvalue weighted by atomic mass is 9.94. The molecule has 140 valence electrons. The fourth-order valence-electron chi connectivity index (χ4n) is 3.60. The minimum Gasteiger partial charge on any atom is -0.496 e. The van der Waals surface area contributed by atoms with Gasteiger partial charge in [0, 0.05) is 22.4 Å². The van der Waals surface area contributed by atoms with Gasteiger partial charge >= 0.3 is 0 Å². The van der Waals surface area contributed by atoms with Gasteiger partial charge in [-0.2, -0.15) is 0 Å². The average molecular weight is 384 g/mol. The first-order chi connectivity index (χ1) is 13.1. The molecule has 6 nitrogen and oxygen atoms in total. The zero-order valence-electron chi connectivity index (χ0n) is 15.6. The minimum atomic E-state index is 0.559. The number of methoxy groups -OCH3 is 4. The van der Waals surface area contributed by atoms with E-state index >= 15 is 0 Å². The zero-order chi connectivity index (χ0) is 19.1. The third-order valence-electron chi connectivity index (χ3n) is 4.75. The summed E-state index contributed by atoms with van der Waals surface area (Å²) in [5, 5.41) is 0.593. The first-order valence-corrected chi connectivity index (χ1v) is 9.18. The summed E-state index contributed by atoms with van der Waals surface area (Å²) in [6.45, 7) is 0. The first-order valence-electron chi connectivity index (χ1n) is 8.37. The van der Waals surface area contributed by atoms with Crippen LogP contribution in [0.5, 0.6) is 23.0 Å². The van der Waals surface area contributed by atoms with Gasteiger partial charge in [0.15, 0.2) is 16.6 Å². The van der Waals surface area contributed by atoms with Gasteiger partial charge in [0.1, 0.15) is 5.75 Å². The SMILES string of the molecule is COc1cc(-c2c(OC)ccc3c2Cc2sc(N)nc2-3)cc(OC)c1OC. The molecule has 2 aromatic carbocycles. The molecular formula is C20H20N2O4S. The number of nitrogen functional groups attached to an aromatic ring is 1. The van der Waals surface area contributed by atoms with Gasteiger partial charge in [-0.05, 0) is 35.4 Å². The largest absolute Gasteiger partial charge is 0.496 e. The first kappa shape index (κ1) is 17.5. The summed E-state index contributed by atoms with van der Waals surface area (Å²) in [7, 11) is 6.48. The highest BCUT2D eigenvalue weighted by molar-refractivity contribution is 7.15. The Hall–Kier alpha value is -2.93. The molecule has 0 unspecified atom stereocenters. The zero-order valence-corrected chi connectivity index (χ0v) is 16.4. The van der Waals surface area contributed by atoms with Crippen LogP contribution in [-0.2, 0) is 6.42 Å². The van der Waals surface area contributed by atoms with E-state index in [1.165, 1.54) is 16.2 Å². The smallest absolute Gasteiger partial charge is 0.203 e. The third-order valence-corrected chi connectivity index (χ3v) is 5.64. The maximum atomic E-state index is 5.89. The van der Waals surface area contributed by atoms with Crippen molar-refractivity contribution in [1.29, 1.82) is 0 Å². The topological polar surface area (TPSA) is 75.8 Å². The van der Waals surface area contributed by atoms with Gasteiger partial charge in [0.05, 0.1) is 34.1 Å². The van der Waals surface area contributed by atoms with E-state index in [9.17, 15) is 0 Å². The summed E-state index contributed by atoms with van der Waals surface area (Å²) in [4.78, 5) is 5.67. The molecule has 27 heavy (non-hydrogen) atoms. The maximum absolute atomic E-state index is 5.89. The van der Waals surface area contributed by atoms with Crippen LogP contribution in [0.2, 0.25) is 0 Å². The van der Waals surface area contributed by atoms with Gasteiger partial charge in [-0.25, -0.2) is 4.98 Å². The van der Waals surface area contributed by atoms with Crippen LogP contribution >= 0.6 is 11.3 Å². The van der Waals surface area contributed by atoms with Gasteiger partial charge in [-0.1, -0.05) is 0 Å². The minimum absolute atomic E-state index is 0.559. The Morgan fingerprint density at radius 2 is 1.59 bits per heavy atom. The van der Waals surface area contributed by atoms with Crippen molar-refractivity contribution in [3.05, 3.63) is 34.7 Å². The predicted octanol–water partition coefficient (Wildman–Crippen LogP) is 4.00. The molecule has 3 aromatic rings. The summed E-state index contributed by atoms with van der Waals surface area (Å²) in [5.41, 5.74) is 11.0. The molecule has 0 radical (unpaired) electrons. The highest BCUT2D eigenvalue weighted by Gasteiger charge is 2.28. The number of benzene rings is 2. The molecule has 0 aliphatic heterocycles. The van der Waals surface area contributed by atoms with E-state index in [4.69, 9.17) is 24.7 Å². The van der Waals surface area contributed by atoms with E-state index in [2.05, 4.69) is 4.98 Å². The molecule has 1 aliphatic rings. The lowest BCUT2D eigenvalue weighted by Gasteiger charge is -2.18. The molecule has 1 heterocycles. The van der Waals surface area contributed by atoms with Crippen molar-refractivity contribution in [1.82, 2.24) is 4.98 Å². The Morgan fingerprint density at radius 3 is 2.19 bits per heavy atom. The van der Waals surface area contributed by atoms with Crippen molar-refractivity contribution in [2.75, 3.05) is 34.2 Å². The highest BCUT2D eigenvalue weighted by atomic mass is 32.1. The summed E-state index contributed by atoms with van der Waals surface area (Å²) in [6, 6.07) is 7.88.